The third-order valence-corrected chi connectivity index (χ3v) is 3.29. The summed E-state index contributed by atoms with van der Waals surface area (Å²) in [5, 5.41) is 2.92. The molecule has 3 N–H and O–H groups in total. The Kier molecular flexibility index (Phi) is 4.67. The molecule has 1 aromatic carbocycles. The van der Waals surface area contributed by atoms with Gasteiger partial charge in [-0.15, -0.1) is 0 Å². The molecule has 0 heterocycles. The Morgan fingerprint density at radius 3 is 2.80 bits per heavy atom. The van der Waals surface area contributed by atoms with Gasteiger partial charge in [0, 0.05) is 18.2 Å². The zero-order chi connectivity index (χ0) is 14.7. The number of amides is 1. The molecule has 0 bridgehead atoms. The molecule has 108 valence electrons. The Hall–Kier alpha value is -1.53. The molecule has 0 saturated heterocycles. The maximum absolute atomic E-state index is 13.5. The van der Waals surface area contributed by atoms with Crippen molar-refractivity contribution in [1.82, 2.24) is 10.2 Å². The van der Waals surface area contributed by atoms with E-state index in [1.807, 2.05) is 11.9 Å². The van der Waals surface area contributed by atoms with E-state index in [-0.39, 0.29) is 23.3 Å². The second kappa shape index (κ2) is 6.28. The highest BCUT2D eigenvalue weighted by atomic mass is 32.1. The lowest BCUT2D eigenvalue weighted by molar-refractivity contribution is -0.122. The number of likely N-dealkylation sites (N-methyl/N-ethyl adjacent to an activating group) is 1. The lowest BCUT2D eigenvalue weighted by Crippen LogP contribution is -2.36. The highest BCUT2D eigenvalue weighted by Gasteiger charge is 2.23. The quantitative estimate of drug-likeness (QED) is 0.774. The van der Waals surface area contributed by atoms with Crippen LogP contribution in [0.1, 0.15) is 24.0 Å². The summed E-state index contributed by atoms with van der Waals surface area (Å²) in [6, 6.07) is 4.84. The van der Waals surface area contributed by atoms with E-state index in [9.17, 15) is 9.18 Å². The van der Waals surface area contributed by atoms with Crippen LogP contribution < -0.4 is 11.1 Å². The average Bonchev–Trinajstić information content (AvgIpc) is 3.11. The van der Waals surface area contributed by atoms with Crippen LogP contribution in [0, 0.1) is 5.82 Å². The topological polar surface area (TPSA) is 58.4 Å². The highest BCUT2D eigenvalue weighted by Crippen LogP contribution is 2.18. The molecule has 1 aliphatic rings. The highest BCUT2D eigenvalue weighted by molar-refractivity contribution is 7.80. The van der Waals surface area contributed by atoms with E-state index in [1.54, 1.807) is 6.07 Å². The molecule has 0 spiro atoms. The van der Waals surface area contributed by atoms with Gasteiger partial charge in [-0.2, -0.15) is 0 Å². The van der Waals surface area contributed by atoms with E-state index in [1.165, 1.54) is 12.1 Å². The molecule has 2 rings (SSSR count). The molecule has 6 heteroatoms. The van der Waals surface area contributed by atoms with Crippen molar-refractivity contribution in [3.05, 3.63) is 35.1 Å². The van der Waals surface area contributed by atoms with E-state index in [0.717, 1.165) is 18.4 Å². The van der Waals surface area contributed by atoms with Crippen LogP contribution in [0.15, 0.2) is 18.2 Å². The van der Waals surface area contributed by atoms with Gasteiger partial charge in [0.25, 0.3) is 0 Å². The van der Waals surface area contributed by atoms with Gasteiger partial charge in [-0.3, -0.25) is 9.69 Å². The minimum absolute atomic E-state index is 0.000900. The first-order valence-electron chi connectivity index (χ1n) is 6.51. The summed E-state index contributed by atoms with van der Waals surface area (Å²) in [5.74, 6) is -0.373. The van der Waals surface area contributed by atoms with E-state index in [0.29, 0.717) is 18.2 Å². The number of benzene rings is 1. The summed E-state index contributed by atoms with van der Waals surface area (Å²) in [5.41, 5.74) is 6.76. The zero-order valence-electron chi connectivity index (χ0n) is 11.4. The molecule has 0 atom stereocenters. The minimum Gasteiger partial charge on any atom is -0.389 e. The molecule has 1 aliphatic carbocycles. The van der Waals surface area contributed by atoms with E-state index >= 15 is 0 Å². The largest absolute Gasteiger partial charge is 0.389 e. The Morgan fingerprint density at radius 2 is 2.20 bits per heavy atom. The van der Waals surface area contributed by atoms with Crippen molar-refractivity contribution in [3.8, 4) is 0 Å². The van der Waals surface area contributed by atoms with Crippen molar-refractivity contribution in [2.24, 2.45) is 5.73 Å². The van der Waals surface area contributed by atoms with Crippen LogP contribution in [-0.2, 0) is 11.3 Å². The number of nitrogens with zero attached hydrogens (tertiary/aromatic N) is 1. The Balaban J connectivity index is 1.94. The third kappa shape index (κ3) is 4.54. The van der Waals surface area contributed by atoms with Crippen molar-refractivity contribution in [2.45, 2.75) is 25.4 Å². The summed E-state index contributed by atoms with van der Waals surface area (Å²) in [6.45, 7) is 0.751. The summed E-state index contributed by atoms with van der Waals surface area (Å²) in [4.78, 5) is 13.7. The van der Waals surface area contributed by atoms with Gasteiger partial charge in [-0.05, 0) is 43.7 Å². The molecule has 0 unspecified atom stereocenters. The monoisotopic (exact) mass is 295 g/mol. The van der Waals surface area contributed by atoms with E-state index in [2.05, 4.69) is 5.32 Å². The Labute approximate surface area is 123 Å². The number of rotatable bonds is 6. The fourth-order valence-corrected chi connectivity index (χ4v) is 2.12. The summed E-state index contributed by atoms with van der Waals surface area (Å²) in [6.07, 6.45) is 2.13. The van der Waals surface area contributed by atoms with Crippen molar-refractivity contribution < 1.29 is 9.18 Å². The average molecular weight is 295 g/mol. The summed E-state index contributed by atoms with van der Waals surface area (Å²) < 4.78 is 13.5. The van der Waals surface area contributed by atoms with Gasteiger partial charge in [0.2, 0.25) is 5.91 Å². The Morgan fingerprint density at radius 1 is 1.50 bits per heavy atom. The molecular weight excluding hydrogens is 277 g/mol. The van der Waals surface area contributed by atoms with Gasteiger partial charge in [0.05, 0.1) is 6.54 Å². The van der Waals surface area contributed by atoms with Gasteiger partial charge in [0.1, 0.15) is 10.8 Å². The normalized spacial score (nSPS) is 14.3. The van der Waals surface area contributed by atoms with E-state index < -0.39 is 0 Å². The second-order valence-corrected chi connectivity index (χ2v) is 5.67. The number of carbonyl (C=O) groups excluding carboxylic acids is 1. The minimum atomic E-state index is -0.374. The second-order valence-electron chi connectivity index (χ2n) is 5.23. The first-order chi connectivity index (χ1) is 9.44. The predicted octanol–water partition coefficient (Wildman–Crippen LogP) is 1.17. The molecule has 4 nitrogen and oxygen atoms in total. The lowest BCUT2D eigenvalue weighted by Gasteiger charge is -2.17. The van der Waals surface area contributed by atoms with Crippen LogP contribution in [0.4, 0.5) is 4.39 Å². The van der Waals surface area contributed by atoms with Gasteiger partial charge >= 0.3 is 0 Å². The molecule has 0 radical (unpaired) electrons. The SMILES string of the molecule is CN(CC(=O)NC1CC1)Cc1cc(F)cc(C(N)=S)c1. The number of halogens is 1. The fourth-order valence-electron chi connectivity index (χ4n) is 2.00. The molecule has 1 aromatic rings. The number of hydrogen-bond donors (Lipinski definition) is 2. The van der Waals surface area contributed by atoms with Gasteiger partial charge in [-0.1, -0.05) is 12.2 Å². The standard InChI is InChI=1S/C14H18FN3OS/c1-18(8-13(19)17-12-2-3-12)7-9-4-10(14(16)20)6-11(15)5-9/h4-6,12H,2-3,7-8H2,1H3,(H2,16,20)(H,17,19). The van der Waals surface area contributed by atoms with E-state index in [4.69, 9.17) is 18.0 Å². The number of carbonyl (C=O) groups is 1. The zero-order valence-corrected chi connectivity index (χ0v) is 12.2. The maximum atomic E-state index is 13.5. The molecular formula is C14H18FN3OS. The smallest absolute Gasteiger partial charge is 0.234 e. The first-order valence-corrected chi connectivity index (χ1v) is 6.92. The third-order valence-electron chi connectivity index (χ3n) is 3.05. The van der Waals surface area contributed by atoms with Crippen molar-refractivity contribution in [2.75, 3.05) is 13.6 Å². The van der Waals surface area contributed by atoms with Crippen LogP contribution in [-0.4, -0.2) is 35.4 Å². The van der Waals surface area contributed by atoms with Crippen LogP contribution in [0.5, 0.6) is 0 Å². The molecule has 0 aromatic heterocycles. The summed E-state index contributed by atoms with van der Waals surface area (Å²) in [7, 11) is 1.82. The fraction of sp³-hybridized carbons (Fsp3) is 0.429. The molecule has 0 aliphatic heterocycles. The van der Waals surface area contributed by atoms with Crippen molar-refractivity contribution >= 4 is 23.1 Å². The lowest BCUT2D eigenvalue weighted by atomic mass is 10.1. The molecule has 20 heavy (non-hydrogen) atoms. The van der Waals surface area contributed by atoms with Crippen LogP contribution in [0.3, 0.4) is 0 Å². The van der Waals surface area contributed by atoms with Crippen molar-refractivity contribution in [1.29, 1.82) is 0 Å². The number of nitrogens with two attached hydrogens (primary N) is 1. The Bertz CT molecular complexity index is 531. The van der Waals surface area contributed by atoms with Gasteiger partial charge in [-0.25, -0.2) is 4.39 Å². The molecule has 1 saturated carbocycles. The summed E-state index contributed by atoms with van der Waals surface area (Å²) >= 11 is 4.85. The van der Waals surface area contributed by atoms with Crippen LogP contribution >= 0.6 is 12.2 Å². The number of hydrogen-bond acceptors (Lipinski definition) is 3. The van der Waals surface area contributed by atoms with Crippen LogP contribution in [0.2, 0.25) is 0 Å². The molecule has 1 fully saturated rings. The number of thiocarbonyl (C=S) groups is 1. The van der Waals surface area contributed by atoms with Gasteiger partial charge < -0.3 is 11.1 Å². The predicted molar refractivity (Wildman–Crippen MR) is 79.8 cm³/mol. The van der Waals surface area contributed by atoms with Crippen LogP contribution in [0.25, 0.3) is 0 Å². The van der Waals surface area contributed by atoms with Gasteiger partial charge in [0.15, 0.2) is 0 Å². The molecule has 1 amide bonds. The first kappa shape index (κ1) is 14.9. The maximum Gasteiger partial charge on any atom is 0.234 e. The number of nitrogens with one attached hydrogen (secondary N) is 1. The van der Waals surface area contributed by atoms with Crippen molar-refractivity contribution in [3.63, 3.8) is 0 Å².